The molecule has 16 heavy (non-hydrogen) atoms. The zero-order valence-electron chi connectivity index (χ0n) is 8.72. The van der Waals surface area contributed by atoms with Gasteiger partial charge in [-0.25, -0.2) is 21.6 Å². The fourth-order valence-electron chi connectivity index (χ4n) is 1.40. The number of hydrogen-bond acceptors (Lipinski definition) is 5. The topological polar surface area (TPSA) is 89.5 Å². The summed E-state index contributed by atoms with van der Waals surface area (Å²) in [6, 6.07) is -0.742. The largest absolute Gasteiger partial charge is 0.384 e. The van der Waals surface area contributed by atoms with Gasteiger partial charge in [0.1, 0.15) is 0 Å². The van der Waals surface area contributed by atoms with Crippen LogP contribution in [0.25, 0.3) is 0 Å². The molecule has 0 aromatic heterocycles. The maximum atomic E-state index is 11.5. The summed E-state index contributed by atoms with van der Waals surface area (Å²) in [5.74, 6) is -0.636. The highest BCUT2D eigenvalue weighted by atomic mass is 35.5. The van der Waals surface area contributed by atoms with E-state index in [1.54, 1.807) is 0 Å². The maximum Gasteiger partial charge on any atom is 0.214 e. The number of rotatable bonds is 5. The van der Waals surface area contributed by atoms with E-state index in [0.717, 1.165) is 0 Å². The number of hydrogen-bond donors (Lipinski definition) is 1. The van der Waals surface area contributed by atoms with Crippen LogP contribution >= 0.6 is 11.6 Å². The van der Waals surface area contributed by atoms with Gasteiger partial charge >= 0.3 is 0 Å². The predicted molar refractivity (Wildman–Crippen MR) is 60.9 cm³/mol. The second kappa shape index (κ2) is 5.18. The van der Waals surface area contributed by atoms with Gasteiger partial charge in [0.15, 0.2) is 9.84 Å². The summed E-state index contributed by atoms with van der Waals surface area (Å²) in [4.78, 5) is 0. The second-order valence-electron chi connectivity index (χ2n) is 3.63. The molecule has 0 radical (unpaired) electrons. The van der Waals surface area contributed by atoms with E-state index in [1.165, 1.54) is 7.11 Å². The van der Waals surface area contributed by atoms with Gasteiger partial charge in [-0.3, -0.25) is 0 Å². The Morgan fingerprint density at radius 2 is 2.06 bits per heavy atom. The molecule has 1 fully saturated rings. The van der Waals surface area contributed by atoms with Gasteiger partial charge in [0.05, 0.1) is 35.3 Å². The predicted octanol–water partition coefficient (Wildman–Crippen LogP) is -1.04. The first-order chi connectivity index (χ1) is 7.26. The van der Waals surface area contributed by atoms with Gasteiger partial charge in [0.2, 0.25) is 10.0 Å². The highest BCUT2D eigenvalue weighted by molar-refractivity contribution is 7.92. The van der Waals surface area contributed by atoms with E-state index in [2.05, 4.69) is 9.46 Å². The Balaban J connectivity index is 2.62. The van der Waals surface area contributed by atoms with Crippen LogP contribution < -0.4 is 4.72 Å². The summed E-state index contributed by atoms with van der Waals surface area (Å²) in [5, 5.41) is -0.706. The Kier molecular flexibility index (Phi) is 4.58. The van der Waals surface area contributed by atoms with Crippen molar-refractivity contribution in [2.75, 3.05) is 31.0 Å². The zero-order chi connectivity index (χ0) is 12.4. The molecule has 0 amide bonds. The van der Waals surface area contributed by atoms with Crippen LogP contribution in [0.1, 0.15) is 0 Å². The van der Waals surface area contributed by atoms with E-state index in [4.69, 9.17) is 11.6 Å². The van der Waals surface area contributed by atoms with Crippen molar-refractivity contribution in [3.8, 4) is 0 Å². The average Bonchev–Trinajstić information content (AvgIpc) is 2.35. The number of sulfone groups is 1. The number of halogens is 1. The maximum absolute atomic E-state index is 11.5. The van der Waals surface area contributed by atoms with Crippen LogP contribution in [0.4, 0.5) is 0 Å². The molecule has 1 saturated heterocycles. The summed E-state index contributed by atoms with van der Waals surface area (Å²) < 4.78 is 52.2. The highest BCUT2D eigenvalue weighted by Crippen LogP contribution is 2.18. The van der Waals surface area contributed by atoms with E-state index in [0.29, 0.717) is 0 Å². The van der Waals surface area contributed by atoms with Crippen molar-refractivity contribution in [3.05, 3.63) is 0 Å². The van der Waals surface area contributed by atoms with E-state index < -0.39 is 31.3 Å². The smallest absolute Gasteiger partial charge is 0.214 e. The van der Waals surface area contributed by atoms with E-state index in [9.17, 15) is 16.8 Å². The van der Waals surface area contributed by atoms with Gasteiger partial charge < -0.3 is 4.74 Å². The molecule has 0 bridgehead atoms. The first-order valence-corrected chi connectivity index (χ1v) is 8.50. The Hall–Kier alpha value is 0.110. The van der Waals surface area contributed by atoms with E-state index in [1.807, 2.05) is 0 Å². The molecule has 1 aliphatic heterocycles. The molecule has 0 aliphatic carbocycles. The minimum Gasteiger partial charge on any atom is -0.384 e. The van der Waals surface area contributed by atoms with Crippen molar-refractivity contribution in [2.24, 2.45) is 0 Å². The van der Waals surface area contributed by atoms with Crippen LogP contribution in [-0.4, -0.2) is 59.2 Å². The molecule has 2 unspecified atom stereocenters. The number of nitrogens with one attached hydrogen (secondary N) is 1. The SMILES string of the molecule is COCCS(=O)(=O)NC1CS(=O)(=O)CC1Cl. The van der Waals surface area contributed by atoms with Crippen molar-refractivity contribution < 1.29 is 21.6 Å². The highest BCUT2D eigenvalue weighted by Gasteiger charge is 2.38. The Bertz CT molecular complexity index is 432. The minimum atomic E-state index is -3.53. The molecular weight excluding hydrogens is 278 g/mol. The zero-order valence-corrected chi connectivity index (χ0v) is 11.1. The van der Waals surface area contributed by atoms with Crippen molar-refractivity contribution in [3.63, 3.8) is 0 Å². The standard InChI is InChI=1S/C7H14ClNO5S2/c1-14-2-3-16(12,13)9-7-5-15(10,11)4-6(7)8/h6-7,9H,2-5H2,1H3. The van der Waals surface area contributed by atoms with Gasteiger partial charge in [0.25, 0.3) is 0 Å². The lowest BCUT2D eigenvalue weighted by atomic mass is 10.3. The van der Waals surface area contributed by atoms with Gasteiger partial charge in [-0.05, 0) is 0 Å². The Morgan fingerprint density at radius 3 is 2.50 bits per heavy atom. The fourth-order valence-corrected chi connectivity index (χ4v) is 5.34. The molecule has 1 N–H and O–H groups in total. The van der Waals surface area contributed by atoms with Gasteiger partial charge in [-0.1, -0.05) is 0 Å². The number of methoxy groups -OCH3 is 1. The summed E-state index contributed by atoms with van der Waals surface area (Å²) in [6.45, 7) is 0.0573. The molecule has 0 aromatic rings. The van der Waals surface area contributed by atoms with Crippen LogP contribution in [0, 0.1) is 0 Å². The number of alkyl halides is 1. The summed E-state index contributed by atoms with van der Waals surface area (Å²) in [5.41, 5.74) is 0. The van der Waals surface area contributed by atoms with Crippen molar-refractivity contribution in [1.29, 1.82) is 0 Å². The molecule has 96 valence electrons. The van der Waals surface area contributed by atoms with Crippen LogP contribution in [0.15, 0.2) is 0 Å². The fraction of sp³-hybridized carbons (Fsp3) is 1.00. The molecule has 1 aliphatic rings. The first-order valence-electron chi connectivity index (χ1n) is 4.59. The quantitative estimate of drug-likeness (QED) is 0.653. The molecule has 0 aromatic carbocycles. The average molecular weight is 292 g/mol. The molecular formula is C7H14ClNO5S2. The van der Waals surface area contributed by atoms with E-state index in [-0.39, 0.29) is 23.9 Å². The Morgan fingerprint density at radius 1 is 1.44 bits per heavy atom. The monoisotopic (exact) mass is 291 g/mol. The number of ether oxygens (including phenoxy) is 1. The minimum absolute atomic E-state index is 0.0573. The lowest BCUT2D eigenvalue weighted by Crippen LogP contribution is -2.42. The second-order valence-corrected chi connectivity index (χ2v) is 8.22. The normalized spacial score (nSPS) is 29.4. The molecule has 1 heterocycles. The third-order valence-corrected chi connectivity index (χ3v) is 5.91. The van der Waals surface area contributed by atoms with Gasteiger partial charge in [0, 0.05) is 7.11 Å². The van der Waals surface area contributed by atoms with Gasteiger partial charge in [-0.2, -0.15) is 0 Å². The van der Waals surface area contributed by atoms with Crippen LogP contribution in [0.2, 0.25) is 0 Å². The molecule has 2 atom stereocenters. The third-order valence-electron chi connectivity index (χ3n) is 2.17. The van der Waals surface area contributed by atoms with Crippen molar-refractivity contribution in [1.82, 2.24) is 4.72 Å². The Labute approximate surface area is 100 Å². The molecule has 9 heteroatoms. The molecule has 0 spiro atoms. The summed E-state index contributed by atoms with van der Waals surface area (Å²) >= 11 is 5.77. The third kappa shape index (κ3) is 4.17. The van der Waals surface area contributed by atoms with Crippen LogP contribution in [0.5, 0.6) is 0 Å². The molecule has 0 saturated carbocycles. The molecule has 6 nitrogen and oxygen atoms in total. The van der Waals surface area contributed by atoms with Gasteiger partial charge in [-0.15, -0.1) is 11.6 Å². The lowest BCUT2D eigenvalue weighted by molar-refractivity contribution is 0.217. The van der Waals surface area contributed by atoms with Crippen LogP contribution in [0.3, 0.4) is 0 Å². The summed E-state index contributed by atoms with van der Waals surface area (Å²) in [7, 11) is -5.37. The van der Waals surface area contributed by atoms with E-state index >= 15 is 0 Å². The first kappa shape index (κ1) is 14.2. The molecule has 1 rings (SSSR count). The number of sulfonamides is 1. The van der Waals surface area contributed by atoms with Crippen LogP contribution in [-0.2, 0) is 24.6 Å². The van der Waals surface area contributed by atoms with Crippen molar-refractivity contribution >= 4 is 31.5 Å². The lowest BCUT2D eigenvalue weighted by Gasteiger charge is -2.14. The summed E-state index contributed by atoms with van der Waals surface area (Å²) in [6.07, 6.45) is 0. The van der Waals surface area contributed by atoms with Crippen molar-refractivity contribution in [2.45, 2.75) is 11.4 Å².